The Morgan fingerprint density at radius 2 is 1.50 bits per heavy atom. The first-order chi connectivity index (χ1) is 12.5. The van der Waals surface area contributed by atoms with Gasteiger partial charge in [0.15, 0.2) is 6.29 Å². The fraction of sp³-hybridized carbons (Fsp3) is 1.00. The largest absolute Gasteiger partial charge is 0.460 e. The molecule has 1 atom stereocenters. The molecule has 0 aromatic rings. The molecule has 1 saturated heterocycles. The van der Waals surface area contributed by atoms with Gasteiger partial charge in [0.25, 0.3) is 10.0 Å². The fourth-order valence-electron chi connectivity index (χ4n) is 3.19. The van der Waals surface area contributed by atoms with Crippen molar-refractivity contribution < 1.29 is 57.4 Å². The normalized spacial score (nSPS) is 25.0. The highest BCUT2D eigenvalue weighted by molar-refractivity contribution is 7.90. The molecule has 166 valence electrons. The fourth-order valence-corrected chi connectivity index (χ4v) is 4.90. The van der Waals surface area contributed by atoms with E-state index < -0.39 is 51.9 Å². The van der Waals surface area contributed by atoms with Crippen LogP contribution in [0.4, 0.5) is 39.5 Å². The lowest BCUT2D eigenvalue weighted by Crippen LogP contribution is -2.66. The summed E-state index contributed by atoms with van der Waals surface area (Å²) in [4.78, 5) is 0. The summed E-state index contributed by atoms with van der Waals surface area (Å²) < 4.78 is 153. The summed E-state index contributed by atoms with van der Waals surface area (Å²) in [7, 11) is -6.72. The van der Waals surface area contributed by atoms with Crippen LogP contribution in [0.1, 0.15) is 32.6 Å². The lowest BCUT2D eigenvalue weighted by molar-refractivity contribution is -0.382. The SMILES string of the molecule is CCOC1CN(S(=O)(=O)C(F)(F)C(F)(F)C(F)(F)C(F)(F)F)C2(CCCC2)O1. The van der Waals surface area contributed by atoms with Crippen molar-refractivity contribution >= 4 is 10.0 Å². The van der Waals surface area contributed by atoms with Gasteiger partial charge in [-0.25, -0.2) is 8.42 Å². The van der Waals surface area contributed by atoms with Crippen molar-refractivity contribution in [1.29, 1.82) is 0 Å². The van der Waals surface area contributed by atoms with E-state index in [0.717, 1.165) is 0 Å². The van der Waals surface area contributed by atoms with Gasteiger partial charge in [0.05, 0.1) is 6.54 Å². The third kappa shape index (κ3) is 3.17. The molecule has 1 unspecified atom stereocenters. The molecule has 0 N–H and O–H groups in total. The van der Waals surface area contributed by atoms with Crippen molar-refractivity contribution in [3.8, 4) is 0 Å². The van der Waals surface area contributed by atoms with Crippen molar-refractivity contribution in [2.24, 2.45) is 0 Å². The Hall–Kier alpha value is -0.800. The third-order valence-corrected chi connectivity index (χ3v) is 6.55. The molecule has 2 aliphatic rings. The van der Waals surface area contributed by atoms with Crippen LogP contribution in [0.3, 0.4) is 0 Å². The molecule has 28 heavy (non-hydrogen) atoms. The molecule has 1 aliphatic heterocycles. The minimum atomic E-state index is -7.31. The smallest absolute Gasteiger partial charge is 0.351 e. The zero-order valence-electron chi connectivity index (χ0n) is 14.2. The Morgan fingerprint density at radius 1 is 1.00 bits per heavy atom. The second kappa shape index (κ2) is 6.87. The standard InChI is InChI=1S/C13H16F9NO4S/c1-2-26-8-7-23(9(27-8)5-3-4-6-9)28(24,25)13(21,22)11(16,17)10(14,15)12(18,19)20/h8H,2-7H2,1H3. The van der Waals surface area contributed by atoms with Crippen LogP contribution in [0.5, 0.6) is 0 Å². The van der Waals surface area contributed by atoms with Crippen molar-refractivity contribution in [1.82, 2.24) is 4.31 Å². The van der Waals surface area contributed by atoms with E-state index >= 15 is 0 Å². The number of nitrogens with zero attached hydrogens (tertiary/aromatic N) is 1. The van der Waals surface area contributed by atoms with Crippen LogP contribution < -0.4 is 0 Å². The van der Waals surface area contributed by atoms with Gasteiger partial charge in [0.1, 0.15) is 5.72 Å². The highest BCUT2D eigenvalue weighted by Gasteiger charge is 2.86. The summed E-state index contributed by atoms with van der Waals surface area (Å²) in [5.41, 5.74) is -2.08. The van der Waals surface area contributed by atoms with Gasteiger partial charge in [-0.05, 0) is 32.6 Å². The van der Waals surface area contributed by atoms with Crippen LogP contribution in [0.15, 0.2) is 0 Å². The second-order valence-electron chi connectivity index (χ2n) is 6.36. The quantitative estimate of drug-likeness (QED) is 0.576. The maximum atomic E-state index is 14.2. The van der Waals surface area contributed by atoms with Crippen molar-refractivity contribution in [3.63, 3.8) is 0 Å². The molecule has 1 heterocycles. The average Bonchev–Trinajstić information content (AvgIpc) is 3.14. The van der Waals surface area contributed by atoms with E-state index in [1.807, 2.05) is 0 Å². The number of sulfonamides is 1. The van der Waals surface area contributed by atoms with E-state index in [1.54, 1.807) is 0 Å². The van der Waals surface area contributed by atoms with E-state index in [4.69, 9.17) is 9.47 Å². The molecular formula is C13H16F9NO4S. The highest BCUT2D eigenvalue weighted by Crippen LogP contribution is 2.57. The predicted molar refractivity (Wildman–Crippen MR) is 74.2 cm³/mol. The molecule has 0 amide bonds. The molecule has 0 aromatic heterocycles. The van der Waals surface area contributed by atoms with Crippen molar-refractivity contribution in [2.45, 2.75) is 67.9 Å². The Bertz CT molecular complexity index is 689. The monoisotopic (exact) mass is 453 g/mol. The molecule has 1 aliphatic carbocycles. The summed E-state index contributed by atoms with van der Waals surface area (Å²) in [5, 5.41) is -6.78. The third-order valence-electron chi connectivity index (χ3n) is 4.59. The molecule has 15 heteroatoms. The van der Waals surface area contributed by atoms with Crippen LogP contribution in [0.2, 0.25) is 0 Å². The van der Waals surface area contributed by atoms with Gasteiger partial charge in [0.2, 0.25) is 0 Å². The van der Waals surface area contributed by atoms with E-state index in [2.05, 4.69) is 0 Å². The first kappa shape index (κ1) is 23.5. The Labute approximate surface area is 153 Å². The lowest BCUT2D eigenvalue weighted by Gasteiger charge is -2.38. The van der Waals surface area contributed by atoms with Crippen molar-refractivity contribution in [2.75, 3.05) is 13.2 Å². The zero-order valence-corrected chi connectivity index (χ0v) is 15.0. The summed E-state index contributed by atoms with van der Waals surface area (Å²) in [5.74, 6) is -14.6. The second-order valence-corrected chi connectivity index (χ2v) is 8.26. The predicted octanol–water partition coefficient (Wildman–Crippen LogP) is 3.71. The number of halogens is 9. The van der Waals surface area contributed by atoms with Crippen LogP contribution in [0.25, 0.3) is 0 Å². The van der Waals surface area contributed by atoms with Gasteiger partial charge >= 0.3 is 23.3 Å². The zero-order chi connectivity index (χ0) is 21.8. The molecule has 2 fully saturated rings. The summed E-state index contributed by atoms with van der Waals surface area (Å²) in [6.07, 6.45) is -8.61. The Morgan fingerprint density at radius 3 is 1.93 bits per heavy atom. The number of alkyl halides is 9. The van der Waals surface area contributed by atoms with Gasteiger partial charge in [-0.3, -0.25) is 0 Å². The van der Waals surface area contributed by atoms with Gasteiger partial charge in [0, 0.05) is 6.61 Å². The number of ether oxygens (including phenoxy) is 2. The van der Waals surface area contributed by atoms with E-state index in [1.165, 1.54) is 6.92 Å². The van der Waals surface area contributed by atoms with Crippen molar-refractivity contribution in [3.05, 3.63) is 0 Å². The average molecular weight is 453 g/mol. The minimum Gasteiger partial charge on any atom is -0.351 e. The summed E-state index contributed by atoms with van der Waals surface area (Å²) in [6, 6.07) is 0. The Kier molecular flexibility index (Phi) is 5.76. The van der Waals surface area contributed by atoms with Crippen LogP contribution in [-0.4, -0.2) is 61.2 Å². The van der Waals surface area contributed by atoms with E-state index in [-0.39, 0.29) is 36.6 Å². The topological polar surface area (TPSA) is 55.8 Å². The molecular weight excluding hydrogens is 437 g/mol. The maximum absolute atomic E-state index is 14.2. The molecule has 0 radical (unpaired) electrons. The number of hydrogen-bond donors (Lipinski definition) is 0. The highest BCUT2D eigenvalue weighted by atomic mass is 32.2. The van der Waals surface area contributed by atoms with E-state index in [9.17, 15) is 47.9 Å². The summed E-state index contributed by atoms with van der Waals surface area (Å²) >= 11 is 0. The number of hydrogen-bond acceptors (Lipinski definition) is 4. The maximum Gasteiger partial charge on any atom is 0.460 e. The molecule has 0 bridgehead atoms. The van der Waals surface area contributed by atoms with E-state index in [0.29, 0.717) is 0 Å². The van der Waals surface area contributed by atoms with Crippen LogP contribution in [-0.2, 0) is 19.5 Å². The first-order valence-electron chi connectivity index (χ1n) is 8.00. The van der Waals surface area contributed by atoms with Gasteiger partial charge < -0.3 is 9.47 Å². The Balaban J connectivity index is 2.51. The number of rotatable bonds is 6. The van der Waals surface area contributed by atoms with Gasteiger partial charge in [-0.2, -0.15) is 43.8 Å². The van der Waals surface area contributed by atoms with Crippen LogP contribution >= 0.6 is 0 Å². The minimum absolute atomic E-state index is 0.0899. The molecule has 1 spiro atoms. The van der Waals surface area contributed by atoms with Gasteiger partial charge in [-0.1, -0.05) is 0 Å². The molecule has 2 rings (SSSR count). The van der Waals surface area contributed by atoms with Crippen LogP contribution in [0, 0.1) is 0 Å². The molecule has 5 nitrogen and oxygen atoms in total. The lowest BCUT2D eigenvalue weighted by atomic mass is 10.1. The molecule has 1 saturated carbocycles. The summed E-state index contributed by atoms with van der Waals surface area (Å²) in [6.45, 7) is 0.279. The first-order valence-corrected chi connectivity index (χ1v) is 9.44. The van der Waals surface area contributed by atoms with Gasteiger partial charge in [-0.15, -0.1) is 0 Å². The molecule has 0 aromatic carbocycles.